The second-order valence-electron chi connectivity index (χ2n) is 4.32. The third-order valence-corrected chi connectivity index (χ3v) is 3.64. The molecule has 0 fully saturated rings. The van der Waals surface area contributed by atoms with Gasteiger partial charge in [-0.3, -0.25) is 9.59 Å². The number of nitrogens with two attached hydrogens (primary N) is 1. The van der Waals surface area contributed by atoms with E-state index in [2.05, 4.69) is 5.32 Å². The number of nitrogens with one attached hydrogen (secondary N) is 1. The lowest BCUT2D eigenvalue weighted by atomic mass is 10.2. The molecule has 4 N–H and O–H groups in total. The number of carbonyl (C=O) groups is 2. The molecule has 1 rings (SSSR count). The Morgan fingerprint density at radius 2 is 1.85 bits per heavy atom. The zero-order valence-corrected chi connectivity index (χ0v) is 11.7. The lowest BCUT2D eigenvalue weighted by Crippen LogP contribution is -2.36. The number of benzene rings is 1. The van der Waals surface area contributed by atoms with Crippen LogP contribution in [0.15, 0.2) is 29.2 Å². The van der Waals surface area contributed by atoms with Gasteiger partial charge < -0.3 is 16.2 Å². The molecule has 0 aromatic heterocycles. The Labute approximate surface area is 116 Å². The highest BCUT2D eigenvalue weighted by Gasteiger charge is 2.16. The monoisotopic (exact) mass is 300 g/mol. The van der Waals surface area contributed by atoms with E-state index in [9.17, 15) is 23.1 Å². The van der Waals surface area contributed by atoms with Crippen molar-refractivity contribution in [2.45, 2.75) is 24.0 Å². The lowest BCUT2D eigenvalue weighted by Gasteiger charge is -2.10. The summed E-state index contributed by atoms with van der Waals surface area (Å²) < 4.78 is 22.5. The van der Waals surface area contributed by atoms with Gasteiger partial charge in [0.25, 0.3) is 0 Å². The molecule has 1 unspecified atom stereocenters. The molecule has 1 aromatic rings. The first-order valence-electron chi connectivity index (χ1n) is 5.73. The molecule has 0 aliphatic carbocycles. The number of hydrogen-bond donors (Lipinski definition) is 3. The first kappa shape index (κ1) is 16.1. The number of hydrogen-bond acceptors (Lipinski definition) is 5. The van der Waals surface area contributed by atoms with Crippen molar-refractivity contribution in [3.8, 4) is 0 Å². The Morgan fingerprint density at radius 3 is 2.30 bits per heavy atom. The van der Waals surface area contributed by atoms with Crippen molar-refractivity contribution in [2.24, 2.45) is 5.73 Å². The predicted molar refractivity (Wildman–Crippen MR) is 71.2 cm³/mol. The van der Waals surface area contributed by atoms with Gasteiger partial charge in [-0.2, -0.15) is 0 Å². The summed E-state index contributed by atoms with van der Waals surface area (Å²) in [6, 6.07) is 5.96. The zero-order chi connectivity index (χ0) is 15.3. The van der Waals surface area contributed by atoms with Gasteiger partial charge in [-0.25, -0.2) is 8.42 Å². The van der Waals surface area contributed by atoms with E-state index >= 15 is 0 Å². The van der Waals surface area contributed by atoms with E-state index in [0.717, 1.165) is 6.26 Å². The fourth-order valence-corrected chi connectivity index (χ4v) is 2.08. The van der Waals surface area contributed by atoms with Gasteiger partial charge in [0.1, 0.15) is 6.10 Å². The van der Waals surface area contributed by atoms with Crippen LogP contribution in [0.25, 0.3) is 0 Å². The molecule has 8 heteroatoms. The summed E-state index contributed by atoms with van der Waals surface area (Å²) >= 11 is 0. The Kier molecular flexibility index (Phi) is 5.23. The Bertz CT molecular complexity index is 595. The molecular weight excluding hydrogens is 284 g/mol. The fraction of sp³-hybridized carbons (Fsp3) is 0.333. The maximum atomic E-state index is 11.4. The highest BCUT2D eigenvalue weighted by atomic mass is 32.2. The molecule has 0 saturated heterocycles. The fourth-order valence-electron chi connectivity index (χ4n) is 1.44. The molecule has 2 amide bonds. The second-order valence-corrected chi connectivity index (χ2v) is 6.34. The Hall–Kier alpha value is -1.93. The standard InChI is InChI=1S/C12H16N2O5S/c1-20(18,19)9-4-2-8(3-5-9)7-14-12(17)10(15)6-11(13)16/h2-5,10,15H,6-7H2,1H3,(H2,13,16)(H,14,17). The van der Waals surface area contributed by atoms with Crippen molar-refractivity contribution >= 4 is 21.7 Å². The van der Waals surface area contributed by atoms with Crippen LogP contribution in [0.3, 0.4) is 0 Å². The van der Waals surface area contributed by atoms with Gasteiger partial charge >= 0.3 is 0 Å². The normalized spacial score (nSPS) is 12.7. The summed E-state index contributed by atoms with van der Waals surface area (Å²) in [7, 11) is -3.26. The molecule has 1 atom stereocenters. The van der Waals surface area contributed by atoms with E-state index in [1.807, 2.05) is 0 Å². The average Bonchev–Trinajstić information content (AvgIpc) is 2.34. The van der Waals surface area contributed by atoms with Crippen molar-refractivity contribution in [1.82, 2.24) is 5.32 Å². The molecule has 0 aliphatic heterocycles. The zero-order valence-electron chi connectivity index (χ0n) is 10.9. The third kappa shape index (κ3) is 4.98. The van der Waals surface area contributed by atoms with E-state index in [4.69, 9.17) is 5.73 Å². The highest BCUT2D eigenvalue weighted by Crippen LogP contribution is 2.10. The number of rotatable bonds is 6. The van der Waals surface area contributed by atoms with E-state index in [1.54, 1.807) is 12.1 Å². The molecule has 0 heterocycles. The van der Waals surface area contributed by atoms with Crippen LogP contribution in [-0.2, 0) is 26.0 Å². The molecule has 0 radical (unpaired) electrons. The van der Waals surface area contributed by atoms with E-state index in [1.165, 1.54) is 12.1 Å². The molecule has 20 heavy (non-hydrogen) atoms. The molecule has 0 bridgehead atoms. The van der Waals surface area contributed by atoms with E-state index in [0.29, 0.717) is 5.56 Å². The number of aliphatic hydroxyl groups is 1. The van der Waals surface area contributed by atoms with E-state index in [-0.39, 0.29) is 11.4 Å². The number of sulfone groups is 1. The molecule has 0 saturated carbocycles. The van der Waals surface area contributed by atoms with E-state index < -0.39 is 34.2 Å². The molecule has 7 nitrogen and oxygen atoms in total. The van der Waals surface area contributed by atoms with Crippen molar-refractivity contribution in [2.75, 3.05) is 6.26 Å². The van der Waals surface area contributed by atoms with Crippen LogP contribution in [-0.4, -0.2) is 37.7 Å². The smallest absolute Gasteiger partial charge is 0.249 e. The summed E-state index contributed by atoms with van der Waals surface area (Å²) in [5.41, 5.74) is 5.52. The van der Waals surface area contributed by atoms with Crippen LogP contribution in [0.4, 0.5) is 0 Å². The quantitative estimate of drug-likeness (QED) is 0.617. The number of amides is 2. The largest absolute Gasteiger partial charge is 0.383 e. The van der Waals surface area contributed by atoms with Crippen molar-refractivity contribution in [1.29, 1.82) is 0 Å². The van der Waals surface area contributed by atoms with Crippen LogP contribution >= 0.6 is 0 Å². The molecule has 0 spiro atoms. The van der Waals surface area contributed by atoms with Gasteiger partial charge in [0, 0.05) is 12.8 Å². The molecule has 110 valence electrons. The minimum atomic E-state index is -3.26. The number of aliphatic hydroxyl groups excluding tert-OH is 1. The second kappa shape index (κ2) is 6.49. The number of carbonyl (C=O) groups excluding carboxylic acids is 2. The topological polar surface area (TPSA) is 127 Å². The van der Waals surface area contributed by atoms with Gasteiger partial charge in [-0.05, 0) is 17.7 Å². The molecular formula is C12H16N2O5S. The SMILES string of the molecule is CS(=O)(=O)c1ccc(CNC(=O)C(O)CC(N)=O)cc1. The van der Waals surface area contributed by atoms with Crippen molar-refractivity contribution < 1.29 is 23.1 Å². The minimum Gasteiger partial charge on any atom is -0.383 e. The minimum absolute atomic E-state index is 0.110. The molecule has 0 aliphatic rings. The first-order chi connectivity index (χ1) is 9.20. The van der Waals surface area contributed by atoms with Crippen molar-refractivity contribution in [3.63, 3.8) is 0 Å². The van der Waals surface area contributed by atoms with Crippen LogP contribution < -0.4 is 11.1 Å². The van der Waals surface area contributed by atoms with Gasteiger partial charge in [0.15, 0.2) is 9.84 Å². The first-order valence-corrected chi connectivity index (χ1v) is 7.62. The highest BCUT2D eigenvalue weighted by molar-refractivity contribution is 7.90. The third-order valence-electron chi connectivity index (χ3n) is 2.52. The summed E-state index contributed by atoms with van der Waals surface area (Å²) in [5.74, 6) is -1.49. The Morgan fingerprint density at radius 1 is 1.30 bits per heavy atom. The van der Waals surface area contributed by atoms with Gasteiger partial charge in [0.2, 0.25) is 11.8 Å². The van der Waals surface area contributed by atoms with Crippen molar-refractivity contribution in [3.05, 3.63) is 29.8 Å². The van der Waals surface area contributed by atoms with Crippen LogP contribution in [0.5, 0.6) is 0 Å². The average molecular weight is 300 g/mol. The molecule has 1 aromatic carbocycles. The van der Waals surface area contributed by atoms with Gasteiger partial charge in [-0.15, -0.1) is 0 Å². The lowest BCUT2D eigenvalue weighted by molar-refractivity contribution is -0.133. The van der Waals surface area contributed by atoms with Crippen LogP contribution in [0.2, 0.25) is 0 Å². The van der Waals surface area contributed by atoms with Crippen LogP contribution in [0.1, 0.15) is 12.0 Å². The maximum absolute atomic E-state index is 11.4. The van der Waals surface area contributed by atoms with Crippen LogP contribution in [0, 0.1) is 0 Å². The Balaban J connectivity index is 2.58. The van der Waals surface area contributed by atoms with Gasteiger partial charge in [0.05, 0.1) is 11.3 Å². The van der Waals surface area contributed by atoms with Gasteiger partial charge in [-0.1, -0.05) is 12.1 Å². The number of primary amides is 1. The predicted octanol–water partition coefficient (Wildman–Crippen LogP) is -1.06. The summed E-state index contributed by atoms with van der Waals surface area (Å²) in [4.78, 5) is 22.1. The summed E-state index contributed by atoms with van der Waals surface area (Å²) in [5, 5.41) is 11.7. The summed E-state index contributed by atoms with van der Waals surface area (Å²) in [6.45, 7) is 0.110. The summed E-state index contributed by atoms with van der Waals surface area (Å²) in [6.07, 6.45) is -0.828. The maximum Gasteiger partial charge on any atom is 0.249 e.